The molecule has 2 atom stereocenters. The molecule has 1 unspecified atom stereocenters. The van der Waals surface area contributed by atoms with Gasteiger partial charge in [0.25, 0.3) is 0 Å². The lowest BCUT2D eigenvalue weighted by Gasteiger charge is -2.30. The van der Waals surface area contributed by atoms with Crippen LogP contribution in [0.5, 0.6) is 0 Å². The van der Waals surface area contributed by atoms with Crippen LogP contribution in [0.1, 0.15) is 22.3 Å². The SMILES string of the molecule is COC[C@@H]1C(=O)CC1C#CC#Cc1ccc(C(=O)OC)cc1. The average molecular weight is 296 g/mol. The van der Waals surface area contributed by atoms with E-state index in [4.69, 9.17) is 4.74 Å². The number of benzene rings is 1. The Morgan fingerprint density at radius 3 is 2.55 bits per heavy atom. The van der Waals surface area contributed by atoms with Gasteiger partial charge in [-0.05, 0) is 36.1 Å². The fourth-order valence-electron chi connectivity index (χ4n) is 2.15. The highest BCUT2D eigenvalue weighted by atomic mass is 16.5. The Balaban J connectivity index is 1.96. The molecule has 0 aromatic heterocycles. The van der Waals surface area contributed by atoms with E-state index >= 15 is 0 Å². The maximum absolute atomic E-state index is 11.4. The first-order chi connectivity index (χ1) is 10.7. The molecule has 1 aromatic rings. The normalized spacial score (nSPS) is 19.1. The molecule has 1 aliphatic rings. The molecule has 0 N–H and O–H groups in total. The van der Waals surface area contributed by atoms with Crippen LogP contribution in [-0.2, 0) is 14.3 Å². The molecule has 4 heteroatoms. The van der Waals surface area contributed by atoms with Gasteiger partial charge in [0.15, 0.2) is 0 Å². The van der Waals surface area contributed by atoms with Crippen molar-refractivity contribution in [3.05, 3.63) is 35.4 Å². The molecular weight excluding hydrogens is 280 g/mol. The van der Waals surface area contributed by atoms with Gasteiger partial charge in [0, 0.05) is 25.0 Å². The molecule has 2 rings (SSSR count). The van der Waals surface area contributed by atoms with Crippen LogP contribution in [-0.4, -0.2) is 32.6 Å². The molecule has 0 heterocycles. The summed E-state index contributed by atoms with van der Waals surface area (Å²) in [5, 5.41) is 0. The Labute approximate surface area is 129 Å². The molecule has 1 aliphatic carbocycles. The van der Waals surface area contributed by atoms with Crippen LogP contribution in [0.4, 0.5) is 0 Å². The minimum absolute atomic E-state index is 0.0449. The topological polar surface area (TPSA) is 52.6 Å². The second-order valence-corrected chi connectivity index (χ2v) is 4.93. The highest BCUT2D eigenvalue weighted by Crippen LogP contribution is 2.29. The van der Waals surface area contributed by atoms with Gasteiger partial charge in [-0.15, -0.1) is 0 Å². The molecule has 0 bridgehead atoms. The number of ketones is 1. The van der Waals surface area contributed by atoms with Gasteiger partial charge >= 0.3 is 5.97 Å². The van der Waals surface area contributed by atoms with Crippen LogP contribution in [0.15, 0.2) is 24.3 Å². The number of hydrogen-bond acceptors (Lipinski definition) is 4. The summed E-state index contributed by atoms with van der Waals surface area (Å²) >= 11 is 0. The quantitative estimate of drug-likeness (QED) is 0.629. The summed E-state index contributed by atoms with van der Waals surface area (Å²) < 4.78 is 9.62. The van der Waals surface area contributed by atoms with E-state index in [1.54, 1.807) is 31.4 Å². The third-order valence-electron chi connectivity index (χ3n) is 3.50. The van der Waals surface area contributed by atoms with Crippen molar-refractivity contribution >= 4 is 11.8 Å². The summed E-state index contributed by atoms with van der Waals surface area (Å²) in [4.78, 5) is 22.7. The molecule has 0 amide bonds. The van der Waals surface area contributed by atoms with Crippen molar-refractivity contribution < 1.29 is 19.1 Å². The molecule has 112 valence electrons. The Morgan fingerprint density at radius 2 is 1.95 bits per heavy atom. The van der Waals surface area contributed by atoms with E-state index in [-0.39, 0.29) is 23.6 Å². The van der Waals surface area contributed by atoms with Gasteiger partial charge in [0.2, 0.25) is 0 Å². The summed E-state index contributed by atoms with van der Waals surface area (Å²) in [7, 11) is 2.92. The zero-order valence-electron chi connectivity index (χ0n) is 12.5. The van der Waals surface area contributed by atoms with E-state index in [0.717, 1.165) is 5.56 Å². The van der Waals surface area contributed by atoms with Gasteiger partial charge in [0.1, 0.15) is 5.78 Å². The lowest BCUT2D eigenvalue weighted by Crippen LogP contribution is -2.39. The number of carbonyl (C=O) groups is 2. The minimum atomic E-state index is -0.377. The van der Waals surface area contributed by atoms with E-state index in [1.807, 2.05) is 0 Å². The molecule has 22 heavy (non-hydrogen) atoms. The lowest BCUT2D eigenvalue weighted by molar-refractivity contribution is -0.134. The smallest absolute Gasteiger partial charge is 0.337 e. The van der Waals surface area contributed by atoms with E-state index in [2.05, 4.69) is 28.4 Å². The third kappa shape index (κ3) is 3.75. The van der Waals surface area contributed by atoms with Crippen molar-refractivity contribution in [2.45, 2.75) is 6.42 Å². The Bertz CT molecular complexity index is 680. The maximum Gasteiger partial charge on any atom is 0.337 e. The minimum Gasteiger partial charge on any atom is -0.465 e. The fraction of sp³-hybridized carbons (Fsp3) is 0.333. The number of rotatable bonds is 3. The first kappa shape index (κ1) is 15.8. The number of Topliss-reactive ketones (excluding diaryl/α,β-unsaturated/α-hetero) is 1. The zero-order valence-corrected chi connectivity index (χ0v) is 12.5. The van der Waals surface area contributed by atoms with E-state index in [0.29, 0.717) is 18.6 Å². The van der Waals surface area contributed by atoms with Crippen LogP contribution in [0.3, 0.4) is 0 Å². The standard InChI is InChI=1S/C18H16O4/c1-21-12-16-15(11-17(16)19)6-4-3-5-13-7-9-14(10-8-13)18(20)22-2/h7-10,15-16H,11-12H2,1-2H3/t15?,16-/m0/s1. The van der Waals surface area contributed by atoms with Crippen LogP contribution >= 0.6 is 0 Å². The zero-order chi connectivity index (χ0) is 15.9. The fourth-order valence-corrected chi connectivity index (χ4v) is 2.15. The van der Waals surface area contributed by atoms with Crippen LogP contribution in [0.25, 0.3) is 0 Å². The predicted molar refractivity (Wildman–Crippen MR) is 80.9 cm³/mol. The molecule has 0 spiro atoms. The van der Waals surface area contributed by atoms with Crippen molar-refractivity contribution in [1.29, 1.82) is 0 Å². The van der Waals surface area contributed by atoms with Crippen molar-refractivity contribution in [2.75, 3.05) is 20.8 Å². The summed E-state index contributed by atoms with van der Waals surface area (Å²) in [6, 6.07) is 6.79. The van der Waals surface area contributed by atoms with E-state index in [1.165, 1.54) is 7.11 Å². The molecule has 1 fully saturated rings. The molecular formula is C18H16O4. The summed E-state index contributed by atoms with van der Waals surface area (Å²) in [6.07, 6.45) is 0.483. The number of hydrogen-bond donors (Lipinski definition) is 0. The van der Waals surface area contributed by atoms with Gasteiger partial charge in [-0.3, -0.25) is 4.79 Å². The molecule has 0 radical (unpaired) electrons. The van der Waals surface area contributed by atoms with Gasteiger partial charge in [-0.1, -0.05) is 11.8 Å². The predicted octanol–water partition coefficient (Wildman–Crippen LogP) is 1.68. The van der Waals surface area contributed by atoms with Gasteiger partial charge < -0.3 is 9.47 Å². The Hall–Kier alpha value is -2.56. The Morgan fingerprint density at radius 1 is 1.23 bits per heavy atom. The van der Waals surface area contributed by atoms with Crippen LogP contribution in [0, 0.1) is 35.5 Å². The Kier molecular flexibility index (Phi) is 5.36. The van der Waals surface area contributed by atoms with Crippen LogP contribution in [0.2, 0.25) is 0 Å². The largest absolute Gasteiger partial charge is 0.465 e. The van der Waals surface area contributed by atoms with Gasteiger partial charge in [-0.25, -0.2) is 4.79 Å². The summed E-state index contributed by atoms with van der Waals surface area (Å²) in [5.41, 5.74) is 1.25. The molecule has 0 aliphatic heterocycles. The number of esters is 1. The first-order valence-electron chi connectivity index (χ1n) is 6.87. The lowest BCUT2D eigenvalue weighted by atomic mass is 9.73. The number of carbonyl (C=O) groups excluding carboxylic acids is 2. The summed E-state index contributed by atoms with van der Waals surface area (Å²) in [5.74, 6) is 11.2. The monoisotopic (exact) mass is 296 g/mol. The summed E-state index contributed by atoms with van der Waals surface area (Å²) in [6.45, 7) is 0.417. The first-order valence-corrected chi connectivity index (χ1v) is 6.87. The van der Waals surface area contributed by atoms with Crippen LogP contribution < -0.4 is 0 Å². The second kappa shape index (κ2) is 7.45. The van der Waals surface area contributed by atoms with Crippen molar-refractivity contribution in [2.24, 2.45) is 11.8 Å². The van der Waals surface area contributed by atoms with Crippen molar-refractivity contribution in [3.8, 4) is 23.7 Å². The molecule has 0 saturated heterocycles. The average Bonchev–Trinajstić information content (AvgIpc) is 2.55. The van der Waals surface area contributed by atoms with Crippen molar-refractivity contribution in [1.82, 2.24) is 0 Å². The maximum atomic E-state index is 11.4. The highest BCUT2D eigenvalue weighted by molar-refractivity contribution is 5.89. The second-order valence-electron chi connectivity index (χ2n) is 4.93. The molecule has 4 nitrogen and oxygen atoms in total. The van der Waals surface area contributed by atoms with E-state index in [9.17, 15) is 9.59 Å². The number of methoxy groups -OCH3 is 2. The molecule has 1 aromatic carbocycles. The van der Waals surface area contributed by atoms with Crippen molar-refractivity contribution in [3.63, 3.8) is 0 Å². The van der Waals surface area contributed by atoms with E-state index < -0.39 is 0 Å². The highest BCUT2D eigenvalue weighted by Gasteiger charge is 2.38. The molecule has 1 saturated carbocycles. The van der Waals surface area contributed by atoms with Gasteiger partial charge in [-0.2, -0.15) is 0 Å². The third-order valence-corrected chi connectivity index (χ3v) is 3.50. The number of ether oxygens (including phenoxy) is 2. The van der Waals surface area contributed by atoms with Gasteiger partial charge in [0.05, 0.1) is 25.2 Å².